The molecule has 0 aromatic carbocycles. The lowest BCUT2D eigenvalue weighted by atomic mass is 10.1. The van der Waals surface area contributed by atoms with Crippen molar-refractivity contribution < 1.29 is 19.5 Å². The number of hydrogen-bond donors (Lipinski definition) is 2. The summed E-state index contributed by atoms with van der Waals surface area (Å²) >= 11 is 1.71. The number of carboxylic acid groups (broad SMARTS) is 1. The van der Waals surface area contributed by atoms with Gasteiger partial charge in [-0.05, 0) is 30.4 Å². The predicted molar refractivity (Wildman–Crippen MR) is 77.9 cm³/mol. The van der Waals surface area contributed by atoms with Gasteiger partial charge in [-0.25, -0.2) is 0 Å². The molecule has 1 aliphatic heterocycles. The predicted octanol–water partition coefficient (Wildman–Crippen LogP) is 1.00. The average Bonchev–Trinajstić information content (AvgIpc) is 2.91. The van der Waals surface area contributed by atoms with Gasteiger partial charge >= 0.3 is 5.97 Å². The number of rotatable bonds is 5. The first-order valence-electron chi connectivity index (χ1n) is 6.82. The summed E-state index contributed by atoms with van der Waals surface area (Å²) in [6.07, 6.45) is 0.988. The Balaban J connectivity index is 1.78. The van der Waals surface area contributed by atoms with E-state index in [1.54, 1.807) is 16.2 Å². The van der Waals surface area contributed by atoms with Crippen LogP contribution in [0.5, 0.6) is 0 Å². The second kappa shape index (κ2) is 6.71. The molecule has 114 valence electrons. The molecule has 1 aromatic rings. The molecule has 7 heteroatoms. The quantitative estimate of drug-likeness (QED) is 0.849. The molecule has 1 aromatic heterocycles. The van der Waals surface area contributed by atoms with Crippen molar-refractivity contribution in [1.29, 1.82) is 0 Å². The van der Waals surface area contributed by atoms with E-state index in [2.05, 4.69) is 5.32 Å². The number of amides is 2. The highest BCUT2D eigenvalue weighted by Crippen LogP contribution is 2.24. The first-order chi connectivity index (χ1) is 9.97. The van der Waals surface area contributed by atoms with Crippen LogP contribution in [0.15, 0.2) is 11.4 Å². The molecule has 2 rings (SSSR count). The Hall–Kier alpha value is -1.89. The van der Waals surface area contributed by atoms with E-state index in [4.69, 9.17) is 5.11 Å². The Morgan fingerprint density at radius 1 is 1.43 bits per heavy atom. The van der Waals surface area contributed by atoms with E-state index in [0.717, 1.165) is 6.42 Å². The second-order valence-electron chi connectivity index (χ2n) is 5.06. The molecular weight excluding hydrogens is 292 g/mol. The molecule has 0 spiro atoms. The van der Waals surface area contributed by atoms with Crippen LogP contribution in [-0.4, -0.2) is 40.4 Å². The van der Waals surface area contributed by atoms with Gasteiger partial charge in [-0.15, -0.1) is 11.3 Å². The summed E-state index contributed by atoms with van der Waals surface area (Å²) in [7, 11) is 0. The molecule has 0 fully saturated rings. The van der Waals surface area contributed by atoms with Gasteiger partial charge in [-0.3, -0.25) is 14.4 Å². The van der Waals surface area contributed by atoms with Crippen molar-refractivity contribution in [3.05, 3.63) is 21.9 Å². The van der Waals surface area contributed by atoms with Crippen molar-refractivity contribution in [3.8, 4) is 0 Å². The lowest BCUT2D eigenvalue weighted by Crippen LogP contribution is -2.39. The summed E-state index contributed by atoms with van der Waals surface area (Å²) < 4.78 is 0. The molecule has 0 bridgehead atoms. The Morgan fingerprint density at radius 3 is 2.90 bits per heavy atom. The van der Waals surface area contributed by atoms with Crippen LogP contribution < -0.4 is 5.32 Å². The van der Waals surface area contributed by atoms with Gasteiger partial charge in [0.1, 0.15) is 6.04 Å². The van der Waals surface area contributed by atoms with Crippen LogP contribution >= 0.6 is 11.3 Å². The standard InChI is InChI=1S/C14H18N2O4S/c1-9(14(19)20)15-12(17)2-3-13(18)16-6-4-11-10(8-16)5-7-21-11/h5,7,9H,2-4,6,8H2,1H3,(H,15,17)(H,19,20)/t9-/m0/s1. The average molecular weight is 310 g/mol. The fourth-order valence-electron chi connectivity index (χ4n) is 2.22. The van der Waals surface area contributed by atoms with E-state index in [1.165, 1.54) is 17.4 Å². The highest BCUT2D eigenvalue weighted by molar-refractivity contribution is 7.10. The highest BCUT2D eigenvalue weighted by Gasteiger charge is 2.22. The van der Waals surface area contributed by atoms with Crippen molar-refractivity contribution in [2.75, 3.05) is 6.54 Å². The van der Waals surface area contributed by atoms with E-state index in [0.29, 0.717) is 13.1 Å². The van der Waals surface area contributed by atoms with Gasteiger partial charge in [0.2, 0.25) is 11.8 Å². The minimum Gasteiger partial charge on any atom is -0.480 e. The highest BCUT2D eigenvalue weighted by atomic mass is 32.1. The van der Waals surface area contributed by atoms with Crippen LogP contribution in [0.25, 0.3) is 0 Å². The molecule has 1 atom stereocenters. The summed E-state index contributed by atoms with van der Waals surface area (Å²) in [5.41, 5.74) is 1.18. The smallest absolute Gasteiger partial charge is 0.325 e. The summed E-state index contributed by atoms with van der Waals surface area (Å²) in [4.78, 5) is 37.3. The maximum atomic E-state index is 12.1. The third-order valence-electron chi connectivity index (χ3n) is 3.47. The normalized spacial score (nSPS) is 15.2. The van der Waals surface area contributed by atoms with Crippen LogP contribution in [0.4, 0.5) is 0 Å². The maximum absolute atomic E-state index is 12.1. The minimum atomic E-state index is -1.09. The molecule has 0 radical (unpaired) electrons. The SMILES string of the molecule is C[C@H](NC(=O)CCC(=O)N1CCc2sccc2C1)C(=O)O. The van der Waals surface area contributed by atoms with Crippen LogP contribution in [0.2, 0.25) is 0 Å². The number of hydrogen-bond acceptors (Lipinski definition) is 4. The van der Waals surface area contributed by atoms with Gasteiger partial charge in [0.25, 0.3) is 0 Å². The minimum absolute atomic E-state index is 0.0173. The second-order valence-corrected chi connectivity index (χ2v) is 6.06. The van der Waals surface area contributed by atoms with Crippen LogP contribution in [0, 0.1) is 0 Å². The van der Waals surface area contributed by atoms with Crippen molar-refractivity contribution in [1.82, 2.24) is 10.2 Å². The summed E-state index contributed by atoms with van der Waals surface area (Å²) in [5, 5.41) is 13.1. The third-order valence-corrected chi connectivity index (χ3v) is 4.50. The zero-order valence-corrected chi connectivity index (χ0v) is 12.6. The van der Waals surface area contributed by atoms with E-state index >= 15 is 0 Å². The molecule has 0 unspecified atom stereocenters. The van der Waals surface area contributed by atoms with E-state index < -0.39 is 17.9 Å². The van der Waals surface area contributed by atoms with E-state index in [1.807, 2.05) is 11.4 Å². The molecule has 21 heavy (non-hydrogen) atoms. The zero-order chi connectivity index (χ0) is 15.4. The molecule has 0 saturated carbocycles. The Labute approximate surface area is 126 Å². The number of nitrogens with one attached hydrogen (secondary N) is 1. The Morgan fingerprint density at radius 2 is 2.19 bits per heavy atom. The molecule has 2 N–H and O–H groups in total. The zero-order valence-electron chi connectivity index (χ0n) is 11.8. The molecule has 6 nitrogen and oxygen atoms in total. The van der Waals surface area contributed by atoms with Crippen LogP contribution in [-0.2, 0) is 27.3 Å². The fourth-order valence-corrected chi connectivity index (χ4v) is 3.10. The van der Waals surface area contributed by atoms with E-state index in [9.17, 15) is 14.4 Å². The van der Waals surface area contributed by atoms with Crippen LogP contribution in [0.1, 0.15) is 30.2 Å². The Bertz CT molecular complexity index is 555. The maximum Gasteiger partial charge on any atom is 0.325 e. The van der Waals surface area contributed by atoms with E-state index in [-0.39, 0.29) is 18.7 Å². The number of carbonyl (C=O) groups is 3. The van der Waals surface area contributed by atoms with Crippen molar-refractivity contribution in [3.63, 3.8) is 0 Å². The van der Waals surface area contributed by atoms with Gasteiger partial charge in [0, 0.05) is 30.8 Å². The molecular formula is C14H18N2O4S. The fraction of sp³-hybridized carbons (Fsp3) is 0.500. The van der Waals surface area contributed by atoms with Crippen molar-refractivity contribution >= 4 is 29.1 Å². The number of aliphatic carboxylic acids is 1. The van der Waals surface area contributed by atoms with Gasteiger partial charge in [0.15, 0.2) is 0 Å². The first kappa shape index (κ1) is 15.5. The number of fused-ring (bicyclic) bond motifs is 1. The van der Waals surface area contributed by atoms with Gasteiger partial charge in [0.05, 0.1) is 0 Å². The molecule has 0 aliphatic carbocycles. The first-order valence-corrected chi connectivity index (χ1v) is 7.70. The number of thiophene rings is 1. The number of carbonyl (C=O) groups excluding carboxylic acids is 2. The largest absolute Gasteiger partial charge is 0.480 e. The summed E-state index contributed by atoms with van der Waals surface area (Å²) in [5.74, 6) is -1.56. The topological polar surface area (TPSA) is 86.7 Å². The lowest BCUT2D eigenvalue weighted by Gasteiger charge is -2.27. The Kier molecular flexibility index (Phi) is 4.95. The molecule has 2 heterocycles. The number of carboxylic acids is 1. The number of nitrogens with zero attached hydrogens (tertiary/aromatic N) is 1. The van der Waals surface area contributed by atoms with Gasteiger partial charge in [-0.1, -0.05) is 0 Å². The van der Waals surface area contributed by atoms with Crippen LogP contribution in [0.3, 0.4) is 0 Å². The summed E-state index contributed by atoms with van der Waals surface area (Å²) in [6.45, 7) is 2.68. The van der Waals surface area contributed by atoms with Gasteiger partial charge in [-0.2, -0.15) is 0 Å². The van der Waals surface area contributed by atoms with Crippen molar-refractivity contribution in [2.24, 2.45) is 0 Å². The molecule has 1 aliphatic rings. The van der Waals surface area contributed by atoms with Gasteiger partial charge < -0.3 is 15.3 Å². The lowest BCUT2D eigenvalue weighted by molar-refractivity contribution is -0.141. The van der Waals surface area contributed by atoms with Crippen molar-refractivity contribution in [2.45, 2.75) is 38.8 Å². The monoisotopic (exact) mass is 310 g/mol. The molecule has 2 amide bonds. The third kappa shape index (κ3) is 4.04. The summed E-state index contributed by atoms with van der Waals surface area (Å²) in [6, 6.07) is 1.09. The molecule has 0 saturated heterocycles.